The maximum atomic E-state index is 17.3. The number of phenols is 1. The molecule has 4 aromatic rings. The van der Waals surface area contributed by atoms with E-state index in [-0.39, 0.29) is 33.8 Å². The van der Waals surface area contributed by atoms with Crippen LogP contribution < -0.4 is 15.0 Å². The topological polar surface area (TPSA) is 107 Å². The summed E-state index contributed by atoms with van der Waals surface area (Å²) in [4.78, 5) is 14.4. The highest BCUT2D eigenvalue weighted by atomic mass is 19.1. The molecule has 4 bridgehead atoms. The van der Waals surface area contributed by atoms with Gasteiger partial charge in [-0.15, -0.1) is 6.42 Å². The Morgan fingerprint density at radius 1 is 1.17 bits per heavy atom. The maximum Gasteiger partial charge on any atom is 0.319 e. The number of hydrogen-bond acceptors (Lipinski definition) is 9. The summed E-state index contributed by atoms with van der Waals surface area (Å²) in [5, 5.41) is 26.6. The molecule has 4 saturated heterocycles. The number of nitrogens with zero attached hydrogens (tertiary/aromatic N) is 5. The molecular weight excluding hydrogens is 607 g/mol. The number of aromatic hydroxyl groups is 1. The van der Waals surface area contributed by atoms with Crippen molar-refractivity contribution in [1.82, 2.24) is 20.2 Å². The number of fused-ring (bicyclic) bond motifs is 6. The van der Waals surface area contributed by atoms with Crippen molar-refractivity contribution < 1.29 is 19.0 Å². The second-order valence-corrected chi connectivity index (χ2v) is 14.5. The summed E-state index contributed by atoms with van der Waals surface area (Å²) in [6.07, 6.45) is 11.7. The number of aryl methyl sites for hydroxylation is 1. The van der Waals surface area contributed by atoms with Gasteiger partial charge >= 0.3 is 6.01 Å². The quantitative estimate of drug-likeness (QED) is 0.268. The van der Waals surface area contributed by atoms with E-state index in [1.165, 1.54) is 6.07 Å². The molecule has 0 amide bonds. The van der Waals surface area contributed by atoms with Gasteiger partial charge < -0.3 is 24.8 Å². The minimum atomic E-state index is -0.665. The highest BCUT2D eigenvalue weighted by Crippen LogP contribution is 2.48. The first-order valence-electron chi connectivity index (χ1n) is 17.0. The average Bonchev–Trinajstić information content (AvgIpc) is 3.34. The van der Waals surface area contributed by atoms with Crippen LogP contribution in [0.25, 0.3) is 32.8 Å². The number of nitrogens with one attached hydrogen (secondary N) is 1. The number of phenolic OH excluding ortho intramolecular Hbond substituents is 1. The monoisotopic (exact) mass is 644 g/mol. The molecule has 48 heavy (non-hydrogen) atoms. The molecule has 5 heterocycles. The van der Waals surface area contributed by atoms with Crippen molar-refractivity contribution in [2.24, 2.45) is 5.41 Å². The Morgan fingerprint density at radius 3 is 2.67 bits per heavy atom. The number of terminal acetylenes is 1. The van der Waals surface area contributed by atoms with Crippen LogP contribution in [0.4, 0.5) is 10.2 Å². The molecule has 10 heteroatoms. The predicted molar refractivity (Wildman–Crippen MR) is 181 cm³/mol. The zero-order valence-electron chi connectivity index (χ0n) is 26.9. The Morgan fingerprint density at radius 2 is 1.98 bits per heavy atom. The van der Waals surface area contributed by atoms with E-state index in [1.807, 2.05) is 19.1 Å². The zero-order chi connectivity index (χ0) is 32.7. The van der Waals surface area contributed by atoms with Gasteiger partial charge in [-0.05, 0) is 73.7 Å². The Balaban J connectivity index is 1.17. The first kappa shape index (κ1) is 29.6. The average molecular weight is 645 g/mol. The van der Waals surface area contributed by atoms with Gasteiger partial charge in [0.25, 0.3) is 0 Å². The molecule has 244 valence electrons. The molecule has 2 unspecified atom stereocenters. The molecular formula is C38H37FN6O3. The third-order valence-electron chi connectivity index (χ3n) is 11.3. The van der Waals surface area contributed by atoms with Gasteiger partial charge in [-0.1, -0.05) is 18.1 Å². The molecule has 5 aliphatic rings. The predicted octanol–water partition coefficient (Wildman–Crippen LogP) is 5.03. The van der Waals surface area contributed by atoms with Crippen LogP contribution in [0.5, 0.6) is 11.8 Å². The van der Waals surface area contributed by atoms with Gasteiger partial charge in [-0.3, -0.25) is 4.90 Å². The van der Waals surface area contributed by atoms with E-state index in [0.29, 0.717) is 63.9 Å². The van der Waals surface area contributed by atoms with E-state index in [4.69, 9.17) is 25.9 Å². The van der Waals surface area contributed by atoms with Crippen LogP contribution >= 0.6 is 0 Å². The van der Waals surface area contributed by atoms with Crippen LogP contribution in [0, 0.1) is 41.8 Å². The fraction of sp³-hybridized carbons (Fsp3) is 0.447. The zero-order valence-corrected chi connectivity index (χ0v) is 26.9. The fourth-order valence-electron chi connectivity index (χ4n) is 8.60. The van der Waals surface area contributed by atoms with Crippen LogP contribution in [-0.2, 0) is 4.74 Å². The second-order valence-electron chi connectivity index (χ2n) is 14.5. The Labute approximate surface area is 278 Å². The molecule has 9 nitrogen and oxygen atoms in total. The fourth-order valence-corrected chi connectivity index (χ4v) is 8.60. The number of hydrogen-bond donors (Lipinski definition) is 2. The second kappa shape index (κ2) is 11.0. The number of rotatable bonds is 7. The lowest BCUT2D eigenvalue weighted by atomic mass is 9.89. The number of ether oxygens (including phenoxy) is 2. The van der Waals surface area contributed by atoms with E-state index in [0.717, 1.165) is 70.5 Å². The molecule has 1 aromatic heterocycles. The number of aromatic nitrogens is 2. The smallest absolute Gasteiger partial charge is 0.319 e. The maximum absolute atomic E-state index is 17.3. The lowest BCUT2D eigenvalue weighted by molar-refractivity contribution is 0.0176. The van der Waals surface area contributed by atoms with Crippen molar-refractivity contribution in [3.05, 3.63) is 52.8 Å². The van der Waals surface area contributed by atoms with E-state index >= 15 is 4.39 Å². The van der Waals surface area contributed by atoms with Gasteiger partial charge in [0.2, 0.25) is 0 Å². The van der Waals surface area contributed by atoms with Crippen LogP contribution in [0.1, 0.15) is 48.8 Å². The first-order chi connectivity index (χ1) is 23.3. The largest absolute Gasteiger partial charge is 0.508 e. The number of likely N-dealkylation sites (tertiary alicyclic amines) is 1. The van der Waals surface area contributed by atoms with E-state index in [1.54, 1.807) is 12.1 Å². The molecule has 4 aliphatic heterocycles. The number of anilines is 1. The van der Waals surface area contributed by atoms with Crippen LogP contribution in [-0.4, -0.2) is 83.6 Å². The standard InChI is InChI=1S/C38H37FN6O3/c1-3-29-21(2)4-5-22-10-27(46)13-30(32(22)29)33-23(14-40)11-31-35(34(33)39)42-37(43-36(31)44-15-24-6-7-25(16-44)41-24)48-20-38(8-9-38)19-45-17-28-12-26(45)18-47-28/h1,4-5,10-11,13,24-26,28,41,46H,6-9,12,15-20H2,2H3/t24?,25?,26-,28-/m0/s1. The number of piperazine rings is 1. The third-order valence-corrected chi connectivity index (χ3v) is 11.3. The van der Waals surface area contributed by atoms with Gasteiger partial charge in [0, 0.05) is 71.6 Å². The molecule has 5 fully saturated rings. The lowest BCUT2D eigenvalue weighted by Crippen LogP contribution is -2.51. The van der Waals surface area contributed by atoms with Crippen LogP contribution in [0.3, 0.4) is 0 Å². The molecule has 0 spiro atoms. The highest BCUT2D eigenvalue weighted by Gasteiger charge is 2.49. The molecule has 2 N–H and O–H groups in total. The van der Waals surface area contributed by atoms with Crippen LogP contribution in [0.15, 0.2) is 30.3 Å². The van der Waals surface area contributed by atoms with E-state index < -0.39 is 5.82 Å². The van der Waals surface area contributed by atoms with Gasteiger partial charge in [0.1, 0.15) is 17.1 Å². The van der Waals surface area contributed by atoms with Crippen molar-refractivity contribution in [3.63, 3.8) is 0 Å². The Hall–Kier alpha value is -4.48. The molecule has 3 aromatic carbocycles. The molecule has 1 aliphatic carbocycles. The van der Waals surface area contributed by atoms with Gasteiger partial charge in [0.05, 0.1) is 31.0 Å². The van der Waals surface area contributed by atoms with Crippen molar-refractivity contribution in [3.8, 4) is 41.3 Å². The van der Waals surface area contributed by atoms with Crippen molar-refractivity contribution in [2.45, 2.75) is 63.3 Å². The summed E-state index contributed by atoms with van der Waals surface area (Å²) in [7, 11) is 0. The third kappa shape index (κ3) is 4.85. The van der Waals surface area contributed by atoms with Crippen LogP contribution in [0.2, 0.25) is 0 Å². The summed E-state index contributed by atoms with van der Waals surface area (Å²) in [5.41, 5.74) is 2.05. The minimum Gasteiger partial charge on any atom is -0.508 e. The summed E-state index contributed by atoms with van der Waals surface area (Å²) in [6.45, 7) is 6.50. The minimum absolute atomic E-state index is 0.0233. The number of morpholine rings is 1. The van der Waals surface area contributed by atoms with Crippen molar-refractivity contribution in [1.29, 1.82) is 5.26 Å². The van der Waals surface area contributed by atoms with E-state index in [2.05, 4.69) is 27.1 Å². The Kier molecular flexibility index (Phi) is 6.81. The van der Waals surface area contributed by atoms with Crippen molar-refractivity contribution >= 4 is 27.5 Å². The van der Waals surface area contributed by atoms with Gasteiger partial charge in [-0.25, -0.2) is 4.39 Å². The van der Waals surface area contributed by atoms with E-state index in [9.17, 15) is 10.4 Å². The molecule has 1 saturated carbocycles. The SMILES string of the molecule is C#Cc1c(C)ccc2cc(O)cc(-c3c(C#N)cc4c(N5CC6CCC(C5)N6)nc(OCC5(CN6C[C@@H]7C[C@H]6CO7)CC5)nc4c3F)c12. The highest BCUT2D eigenvalue weighted by molar-refractivity contribution is 6.06. The van der Waals surface area contributed by atoms with Gasteiger partial charge in [-0.2, -0.15) is 15.2 Å². The molecule has 4 atom stereocenters. The summed E-state index contributed by atoms with van der Waals surface area (Å²) in [5.74, 6) is 2.61. The number of halogens is 1. The summed E-state index contributed by atoms with van der Waals surface area (Å²) < 4.78 is 29.5. The number of nitriles is 1. The summed E-state index contributed by atoms with van der Waals surface area (Å²) >= 11 is 0. The molecule has 0 radical (unpaired) electrons. The van der Waals surface area contributed by atoms with Crippen molar-refractivity contribution in [2.75, 3.05) is 44.3 Å². The first-order valence-corrected chi connectivity index (χ1v) is 17.0. The Bertz CT molecular complexity index is 2070. The normalized spacial score (nSPS) is 25.5. The summed E-state index contributed by atoms with van der Waals surface area (Å²) in [6, 6.07) is 12.0. The van der Waals surface area contributed by atoms with Gasteiger partial charge in [0.15, 0.2) is 5.82 Å². The lowest BCUT2D eigenvalue weighted by Gasteiger charge is -2.34. The molecule has 9 rings (SSSR count). The number of benzene rings is 3.